The number of benzene rings is 2. The van der Waals surface area contributed by atoms with Gasteiger partial charge in [0.2, 0.25) is 0 Å². The first kappa shape index (κ1) is 28.9. The Balaban J connectivity index is 1.78. The van der Waals surface area contributed by atoms with E-state index in [0.29, 0.717) is 19.6 Å². The van der Waals surface area contributed by atoms with Gasteiger partial charge in [-0.3, -0.25) is 4.90 Å². The van der Waals surface area contributed by atoms with Crippen molar-refractivity contribution in [2.45, 2.75) is 83.9 Å². The van der Waals surface area contributed by atoms with Crippen LogP contribution in [0.25, 0.3) is 0 Å². The molecular formula is C30H43NO5Si. The average Bonchev–Trinajstić information content (AvgIpc) is 2.83. The number of carbonyl (C=O) groups is 2. The molecule has 0 unspecified atom stereocenters. The standard InChI is InChI=1S/C30H43NO5Si/c1-29(2,3)36-28(34)31-21-13-15-23(26(31)27(32)33)16-14-22-35-37(30(4,5)6,24-17-9-7-10-18-24)25-19-11-8-12-20-25/h7-12,17-20,23,26H,13-16,21-22H2,1-6H3,(H,32,33)/t23-,26-/m1/s1. The van der Waals surface area contributed by atoms with Crippen molar-refractivity contribution in [3.63, 3.8) is 0 Å². The first-order valence-electron chi connectivity index (χ1n) is 13.3. The Labute approximate surface area is 223 Å². The van der Waals surface area contributed by atoms with Gasteiger partial charge >= 0.3 is 12.1 Å². The molecule has 6 nitrogen and oxygen atoms in total. The Morgan fingerprint density at radius 2 is 1.49 bits per heavy atom. The maximum Gasteiger partial charge on any atom is 0.411 e. The molecule has 2 atom stereocenters. The van der Waals surface area contributed by atoms with Crippen LogP contribution in [0.1, 0.15) is 67.2 Å². The number of likely N-dealkylation sites (tertiary alicyclic amines) is 1. The second kappa shape index (κ2) is 11.8. The van der Waals surface area contributed by atoms with E-state index in [1.54, 1.807) is 20.8 Å². The smallest absolute Gasteiger partial charge is 0.411 e. The molecule has 0 aromatic heterocycles. The zero-order chi connectivity index (χ0) is 27.3. The van der Waals surface area contributed by atoms with Gasteiger partial charge in [0.25, 0.3) is 8.32 Å². The van der Waals surface area contributed by atoms with Crippen molar-refractivity contribution in [1.82, 2.24) is 4.90 Å². The highest BCUT2D eigenvalue weighted by Crippen LogP contribution is 2.37. The van der Waals surface area contributed by atoms with Crippen LogP contribution in [0.15, 0.2) is 60.7 Å². The maximum atomic E-state index is 12.8. The fourth-order valence-corrected chi connectivity index (χ4v) is 10.2. The summed E-state index contributed by atoms with van der Waals surface area (Å²) in [5, 5.41) is 12.4. The molecule has 1 fully saturated rings. The SMILES string of the molecule is CC(C)(C)OC(=O)N1CCC[C@H](CCCO[Si](c2ccccc2)(c2ccccc2)C(C)(C)C)[C@@H]1C(=O)O. The third-order valence-corrected chi connectivity index (χ3v) is 12.1. The van der Waals surface area contributed by atoms with Gasteiger partial charge in [-0.25, -0.2) is 9.59 Å². The molecule has 37 heavy (non-hydrogen) atoms. The highest BCUT2D eigenvalue weighted by Gasteiger charge is 2.50. The van der Waals surface area contributed by atoms with Gasteiger partial charge in [-0.1, -0.05) is 81.4 Å². The second-order valence-electron chi connectivity index (χ2n) is 12.0. The monoisotopic (exact) mass is 525 g/mol. The van der Waals surface area contributed by atoms with Crippen molar-refractivity contribution in [3.05, 3.63) is 60.7 Å². The van der Waals surface area contributed by atoms with Crippen molar-refractivity contribution in [3.8, 4) is 0 Å². The maximum absolute atomic E-state index is 12.8. The van der Waals surface area contributed by atoms with Crippen molar-refractivity contribution < 1.29 is 23.9 Å². The summed E-state index contributed by atoms with van der Waals surface area (Å²) in [5.41, 5.74) is -0.670. The summed E-state index contributed by atoms with van der Waals surface area (Å²) < 4.78 is 12.5. The molecule has 0 bridgehead atoms. The van der Waals surface area contributed by atoms with E-state index >= 15 is 0 Å². The van der Waals surface area contributed by atoms with Crippen molar-refractivity contribution >= 4 is 30.8 Å². The summed E-state index contributed by atoms with van der Waals surface area (Å²) in [7, 11) is -2.63. The molecule has 0 spiro atoms. The normalized spacial score (nSPS) is 18.9. The minimum atomic E-state index is -2.63. The number of aliphatic carboxylic acids is 1. The van der Waals surface area contributed by atoms with E-state index in [1.165, 1.54) is 15.3 Å². The summed E-state index contributed by atoms with van der Waals surface area (Å²) in [6, 6.07) is 20.1. The summed E-state index contributed by atoms with van der Waals surface area (Å²) in [4.78, 5) is 26.5. The number of rotatable bonds is 8. The molecular weight excluding hydrogens is 482 g/mol. The number of amides is 1. The Morgan fingerprint density at radius 3 is 1.95 bits per heavy atom. The molecule has 2 aromatic rings. The van der Waals surface area contributed by atoms with Gasteiger partial charge in [0, 0.05) is 13.2 Å². The third kappa shape index (κ3) is 6.82. The largest absolute Gasteiger partial charge is 0.480 e. The van der Waals surface area contributed by atoms with Gasteiger partial charge in [0.05, 0.1) is 0 Å². The van der Waals surface area contributed by atoms with Crippen molar-refractivity contribution in [2.24, 2.45) is 5.92 Å². The van der Waals surface area contributed by atoms with E-state index in [2.05, 4.69) is 69.3 Å². The van der Waals surface area contributed by atoms with Crippen molar-refractivity contribution in [1.29, 1.82) is 0 Å². The summed E-state index contributed by atoms with van der Waals surface area (Å²) in [6.45, 7) is 13.1. The Kier molecular flexibility index (Phi) is 9.24. The van der Waals surface area contributed by atoms with Crippen LogP contribution in [0.3, 0.4) is 0 Å². The minimum absolute atomic E-state index is 0.113. The molecule has 0 saturated carbocycles. The first-order chi connectivity index (χ1) is 17.4. The van der Waals surface area contributed by atoms with Crippen LogP contribution in [-0.2, 0) is 14.0 Å². The minimum Gasteiger partial charge on any atom is -0.480 e. The highest BCUT2D eigenvalue weighted by atomic mass is 28.4. The predicted octanol–water partition coefficient (Wildman–Crippen LogP) is 5.44. The van der Waals surface area contributed by atoms with Crippen LogP contribution in [-0.4, -0.2) is 55.2 Å². The van der Waals surface area contributed by atoms with E-state index in [0.717, 1.165) is 19.3 Å². The molecule has 2 aromatic carbocycles. The molecule has 1 aliphatic heterocycles. The van der Waals surface area contributed by atoms with E-state index in [-0.39, 0.29) is 11.0 Å². The average molecular weight is 526 g/mol. The molecule has 3 rings (SSSR count). The van der Waals surface area contributed by atoms with Crippen LogP contribution in [0.2, 0.25) is 5.04 Å². The van der Waals surface area contributed by atoms with Gasteiger partial charge in [0.1, 0.15) is 11.6 Å². The number of nitrogens with zero attached hydrogens (tertiary/aromatic N) is 1. The molecule has 202 valence electrons. The van der Waals surface area contributed by atoms with Gasteiger partial charge in [-0.05, 0) is 67.8 Å². The Hall–Kier alpha value is -2.64. The predicted molar refractivity (Wildman–Crippen MR) is 150 cm³/mol. The van der Waals surface area contributed by atoms with E-state index in [9.17, 15) is 14.7 Å². The molecule has 1 N–H and O–H groups in total. The van der Waals surface area contributed by atoms with Crippen LogP contribution in [0, 0.1) is 5.92 Å². The number of ether oxygens (including phenoxy) is 1. The van der Waals surface area contributed by atoms with Gasteiger partial charge < -0.3 is 14.3 Å². The van der Waals surface area contributed by atoms with Crippen molar-refractivity contribution in [2.75, 3.05) is 13.2 Å². The van der Waals surface area contributed by atoms with Crippen LogP contribution < -0.4 is 10.4 Å². The zero-order valence-electron chi connectivity index (χ0n) is 23.2. The van der Waals surface area contributed by atoms with Crippen LogP contribution in [0.4, 0.5) is 4.79 Å². The summed E-state index contributed by atoms with van der Waals surface area (Å²) >= 11 is 0. The molecule has 7 heteroatoms. The lowest BCUT2D eigenvalue weighted by molar-refractivity contribution is -0.147. The molecule has 0 aliphatic carbocycles. The fraction of sp³-hybridized carbons (Fsp3) is 0.533. The summed E-state index contributed by atoms with van der Waals surface area (Å²) in [5.74, 6) is -1.11. The topological polar surface area (TPSA) is 76.1 Å². The molecule has 1 aliphatic rings. The van der Waals surface area contributed by atoms with Crippen LogP contribution >= 0.6 is 0 Å². The quantitative estimate of drug-likeness (QED) is 0.367. The highest BCUT2D eigenvalue weighted by molar-refractivity contribution is 6.99. The van der Waals surface area contributed by atoms with E-state index in [4.69, 9.17) is 9.16 Å². The lowest BCUT2D eigenvalue weighted by Crippen LogP contribution is -2.66. The number of carboxylic acid groups (broad SMARTS) is 1. The number of hydrogen-bond donors (Lipinski definition) is 1. The fourth-order valence-electron chi connectivity index (χ4n) is 5.57. The van der Waals surface area contributed by atoms with Gasteiger partial charge in [-0.15, -0.1) is 0 Å². The molecule has 1 heterocycles. The number of piperidine rings is 1. The second-order valence-corrected chi connectivity index (χ2v) is 16.3. The van der Waals surface area contributed by atoms with Gasteiger partial charge in [0.15, 0.2) is 0 Å². The zero-order valence-corrected chi connectivity index (χ0v) is 24.2. The summed E-state index contributed by atoms with van der Waals surface area (Å²) in [6.07, 6.45) is 2.39. The third-order valence-electron chi connectivity index (χ3n) is 7.09. The number of hydrogen-bond acceptors (Lipinski definition) is 4. The molecule has 0 radical (unpaired) electrons. The Bertz CT molecular complexity index is 990. The number of carboxylic acids is 1. The molecule has 1 amide bonds. The first-order valence-corrected chi connectivity index (χ1v) is 15.2. The van der Waals surface area contributed by atoms with E-state index in [1.807, 2.05) is 12.1 Å². The van der Waals surface area contributed by atoms with Crippen LogP contribution in [0.5, 0.6) is 0 Å². The lowest BCUT2D eigenvalue weighted by atomic mass is 9.86. The lowest BCUT2D eigenvalue weighted by Gasteiger charge is -2.43. The Morgan fingerprint density at radius 1 is 0.946 bits per heavy atom. The number of carbonyl (C=O) groups excluding carboxylic acids is 1. The molecule has 1 saturated heterocycles. The van der Waals surface area contributed by atoms with Gasteiger partial charge in [-0.2, -0.15) is 0 Å². The van der Waals surface area contributed by atoms with E-state index < -0.39 is 32.0 Å².